The van der Waals surface area contributed by atoms with Crippen molar-refractivity contribution in [3.63, 3.8) is 0 Å². The molecule has 6 heteroatoms. The number of aromatic nitrogens is 2. The number of halogens is 2. The van der Waals surface area contributed by atoms with Gasteiger partial charge in [-0.05, 0) is 42.0 Å². The predicted molar refractivity (Wildman–Crippen MR) is 86.6 cm³/mol. The molecule has 3 rings (SSSR count). The lowest BCUT2D eigenvalue weighted by Crippen LogP contribution is -1.89. The molecule has 3 aromatic rings. The maximum absolute atomic E-state index is 12.9. The third-order valence-corrected chi connectivity index (χ3v) is 3.37. The van der Waals surface area contributed by atoms with Crippen molar-refractivity contribution >= 4 is 23.8 Å². The Hall–Kier alpha value is -2.66. The average molecular weight is 331 g/mol. The smallest absolute Gasteiger partial charge is 0.250 e. The first-order valence-electron chi connectivity index (χ1n) is 6.77. The molecule has 0 aliphatic rings. The molecule has 1 aromatic heterocycles. The Bertz CT molecular complexity index is 844. The molecule has 0 atom stereocenters. The van der Waals surface area contributed by atoms with Gasteiger partial charge in [-0.15, -0.1) is 0 Å². The Morgan fingerprint density at radius 1 is 1.13 bits per heavy atom. The molecule has 23 heavy (non-hydrogen) atoms. The SMILES string of the molecule is COc1ccc(Cl)cc1-c1noc(/C=C/c2ccc(F)cc2)n1. The molecule has 0 spiro atoms. The first kappa shape index (κ1) is 15.2. The Balaban J connectivity index is 1.86. The summed E-state index contributed by atoms with van der Waals surface area (Å²) in [7, 11) is 1.56. The highest BCUT2D eigenvalue weighted by molar-refractivity contribution is 6.30. The van der Waals surface area contributed by atoms with E-state index in [1.807, 2.05) is 0 Å². The summed E-state index contributed by atoms with van der Waals surface area (Å²) in [6.45, 7) is 0. The van der Waals surface area contributed by atoms with Crippen molar-refractivity contribution in [2.24, 2.45) is 0 Å². The second-order valence-corrected chi connectivity index (χ2v) is 5.12. The van der Waals surface area contributed by atoms with Crippen LogP contribution in [0.5, 0.6) is 5.75 Å². The number of nitrogens with zero attached hydrogens (tertiary/aromatic N) is 2. The Morgan fingerprint density at radius 3 is 2.65 bits per heavy atom. The summed E-state index contributed by atoms with van der Waals surface area (Å²) in [6, 6.07) is 11.2. The van der Waals surface area contributed by atoms with Crippen molar-refractivity contribution in [2.75, 3.05) is 7.11 Å². The standard InChI is InChI=1S/C17H12ClFN2O2/c1-22-15-8-5-12(18)10-14(15)17-20-16(23-21-17)9-4-11-2-6-13(19)7-3-11/h2-10H,1H3/b9-4+. The topological polar surface area (TPSA) is 48.2 Å². The molecule has 1 heterocycles. The van der Waals surface area contributed by atoms with E-state index in [1.165, 1.54) is 12.1 Å². The first-order chi connectivity index (χ1) is 11.2. The molecule has 0 N–H and O–H groups in total. The largest absolute Gasteiger partial charge is 0.496 e. The van der Waals surface area contributed by atoms with E-state index in [4.69, 9.17) is 20.9 Å². The molecule has 4 nitrogen and oxygen atoms in total. The van der Waals surface area contributed by atoms with Crippen LogP contribution in [0.4, 0.5) is 4.39 Å². The second kappa shape index (κ2) is 6.62. The van der Waals surface area contributed by atoms with Crippen LogP contribution in [0.25, 0.3) is 23.5 Å². The van der Waals surface area contributed by atoms with E-state index in [2.05, 4.69) is 10.1 Å². The van der Waals surface area contributed by atoms with Crippen LogP contribution in [0.3, 0.4) is 0 Å². The zero-order valence-electron chi connectivity index (χ0n) is 12.2. The first-order valence-corrected chi connectivity index (χ1v) is 7.15. The van der Waals surface area contributed by atoms with Gasteiger partial charge < -0.3 is 9.26 Å². The molecule has 0 fully saturated rings. The summed E-state index contributed by atoms with van der Waals surface area (Å²) in [4.78, 5) is 4.29. The van der Waals surface area contributed by atoms with Gasteiger partial charge in [0.1, 0.15) is 11.6 Å². The van der Waals surface area contributed by atoms with Gasteiger partial charge in [0.25, 0.3) is 5.89 Å². The number of hydrogen-bond donors (Lipinski definition) is 0. The molecule has 0 saturated heterocycles. The third-order valence-electron chi connectivity index (χ3n) is 3.13. The highest BCUT2D eigenvalue weighted by Gasteiger charge is 2.12. The quantitative estimate of drug-likeness (QED) is 0.695. The minimum atomic E-state index is -0.282. The minimum absolute atomic E-state index is 0.282. The van der Waals surface area contributed by atoms with E-state index in [-0.39, 0.29) is 5.82 Å². The van der Waals surface area contributed by atoms with E-state index in [0.29, 0.717) is 28.1 Å². The summed E-state index contributed by atoms with van der Waals surface area (Å²) in [6.07, 6.45) is 3.41. The Labute approximate surface area is 137 Å². The number of rotatable bonds is 4. The van der Waals surface area contributed by atoms with Crippen LogP contribution in [-0.4, -0.2) is 17.3 Å². The number of benzene rings is 2. The van der Waals surface area contributed by atoms with Crippen molar-refractivity contribution in [1.29, 1.82) is 0 Å². The second-order valence-electron chi connectivity index (χ2n) is 4.69. The summed E-state index contributed by atoms with van der Waals surface area (Å²) in [5, 5.41) is 4.48. The van der Waals surface area contributed by atoms with Gasteiger partial charge in [-0.1, -0.05) is 28.9 Å². The fourth-order valence-corrected chi connectivity index (χ4v) is 2.18. The molecular weight excluding hydrogens is 319 g/mol. The van der Waals surface area contributed by atoms with E-state index >= 15 is 0 Å². The summed E-state index contributed by atoms with van der Waals surface area (Å²) in [5.41, 5.74) is 1.47. The average Bonchev–Trinajstić information content (AvgIpc) is 3.03. The van der Waals surface area contributed by atoms with Gasteiger partial charge in [-0.3, -0.25) is 0 Å². The van der Waals surface area contributed by atoms with Crippen molar-refractivity contribution in [2.45, 2.75) is 0 Å². The Kier molecular flexibility index (Phi) is 4.39. The lowest BCUT2D eigenvalue weighted by Gasteiger charge is -2.04. The summed E-state index contributed by atoms with van der Waals surface area (Å²) in [5.74, 6) is 1.02. The molecular formula is C17H12ClFN2O2. The molecule has 0 aliphatic carbocycles. The van der Waals surface area contributed by atoms with E-state index in [1.54, 1.807) is 49.6 Å². The van der Waals surface area contributed by atoms with Crippen LogP contribution in [-0.2, 0) is 0 Å². The maximum atomic E-state index is 12.9. The van der Waals surface area contributed by atoms with Gasteiger partial charge in [0.2, 0.25) is 5.82 Å². The van der Waals surface area contributed by atoms with E-state index in [0.717, 1.165) is 5.56 Å². The fourth-order valence-electron chi connectivity index (χ4n) is 2.01. The monoisotopic (exact) mass is 330 g/mol. The lowest BCUT2D eigenvalue weighted by atomic mass is 10.2. The predicted octanol–water partition coefficient (Wildman–Crippen LogP) is 4.71. The lowest BCUT2D eigenvalue weighted by molar-refractivity contribution is 0.406. The van der Waals surface area contributed by atoms with Crippen LogP contribution in [0.1, 0.15) is 11.5 Å². The van der Waals surface area contributed by atoms with Gasteiger partial charge in [0.05, 0.1) is 12.7 Å². The van der Waals surface area contributed by atoms with Gasteiger partial charge in [-0.25, -0.2) is 4.39 Å². The van der Waals surface area contributed by atoms with Crippen LogP contribution in [0.2, 0.25) is 5.02 Å². The van der Waals surface area contributed by atoms with Crippen LogP contribution in [0.15, 0.2) is 47.0 Å². The highest BCUT2D eigenvalue weighted by Crippen LogP contribution is 2.30. The van der Waals surface area contributed by atoms with Crippen LogP contribution < -0.4 is 4.74 Å². The van der Waals surface area contributed by atoms with Crippen molar-refractivity contribution < 1.29 is 13.7 Å². The Morgan fingerprint density at radius 2 is 1.91 bits per heavy atom. The maximum Gasteiger partial charge on any atom is 0.250 e. The summed E-state index contributed by atoms with van der Waals surface area (Å²) < 4.78 is 23.3. The van der Waals surface area contributed by atoms with E-state index < -0.39 is 0 Å². The normalized spacial score (nSPS) is 11.1. The molecule has 2 aromatic carbocycles. The number of methoxy groups -OCH3 is 1. The zero-order chi connectivity index (χ0) is 16.2. The van der Waals surface area contributed by atoms with Crippen molar-refractivity contribution in [3.05, 3.63) is 64.8 Å². The van der Waals surface area contributed by atoms with Gasteiger partial charge in [-0.2, -0.15) is 4.98 Å². The van der Waals surface area contributed by atoms with Crippen LogP contribution in [0, 0.1) is 5.82 Å². The molecule has 0 radical (unpaired) electrons. The van der Waals surface area contributed by atoms with Gasteiger partial charge in [0.15, 0.2) is 0 Å². The van der Waals surface area contributed by atoms with Crippen molar-refractivity contribution in [3.8, 4) is 17.1 Å². The van der Waals surface area contributed by atoms with Crippen molar-refractivity contribution in [1.82, 2.24) is 10.1 Å². The fraction of sp³-hybridized carbons (Fsp3) is 0.0588. The highest BCUT2D eigenvalue weighted by atomic mass is 35.5. The van der Waals surface area contributed by atoms with E-state index in [9.17, 15) is 4.39 Å². The minimum Gasteiger partial charge on any atom is -0.496 e. The molecule has 0 unspecified atom stereocenters. The van der Waals surface area contributed by atoms with Crippen LogP contribution >= 0.6 is 11.6 Å². The molecule has 0 amide bonds. The van der Waals surface area contributed by atoms with Gasteiger partial charge >= 0.3 is 0 Å². The van der Waals surface area contributed by atoms with Gasteiger partial charge in [0, 0.05) is 11.1 Å². The molecule has 0 saturated carbocycles. The molecule has 0 bridgehead atoms. The zero-order valence-corrected chi connectivity index (χ0v) is 12.9. The molecule has 0 aliphatic heterocycles. The third kappa shape index (κ3) is 3.57. The summed E-state index contributed by atoms with van der Waals surface area (Å²) >= 11 is 6.00. The number of hydrogen-bond acceptors (Lipinski definition) is 4. The molecule has 116 valence electrons. The number of ether oxygens (including phenoxy) is 1.